The van der Waals surface area contributed by atoms with Crippen molar-refractivity contribution in [1.82, 2.24) is 19.4 Å². The molecule has 1 aromatic carbocycles. The van der Waals surface area contributed by atoms with Crippen LogP contribution in [-0.2, 0) is 13.6 Å². The molecule has 1 aliphatic heterocycles. The molecule has 4 rings (SSSR count). The molecular formula is C18H21N5O. The number of H-pyrrole nitrogens is 1. The Labute approximate surface area is 139 Å². The average molecular weight is 323 g/mol. The summed E-state index contributed by atoms with van der Waals surface area (Å²) in [6.07, 6.45) is 3.83. The first-order chi connectivity index (χ1) is 11.6. The monoisotopic (exact) mass is 323 g/mol. The summed E-state index contributed by atoms with van der Waals surface area (Å²) < 4.78 is 1.94. The minimum absolute atomic E-state index is 0.0245. The van der Waals surface area contributed by atoms with E-state index in [1.807, 2.05) is 48.1 Å². The molecule has 6 heteroatoms. The summed E-state index contributed by atoms with van der Waals surface area (Å²) >= 11 is 0. The average Bonchev–Trinajstić information content (AvgIpc) is 3.14. The molecule has 0 unspecified atom stereocenters. The third-order valence-corrected chi connectivity index (χ3v) is 4.77. The van der Waals surface area contributed by atoms with Crippen molar-refractivity contribution in [3.8, 4) is 0 Å². The van der Waals surface area contributed by atoms with E-state index < -0.39 is 0 Å². The van der Waals surface area contributed by atoms with Gasteiger partial charge >= 0.3 is 0 Å². The fraction of sp³-hybridized carbons (Fsp3) is 0.333. The lowest BCUT2D eigenvalue weighted by Crippen LogP contribution is -2.29. The number of fused-ring (bicyclic) bond motifs is 1. The summed E-state index contributed by atoms with van der Waals surface area (Å²) in [6, 6.07) is 9.86. The van der Waals surface area contributed by atoms with Crippen molar-refractivity contribution < 1.29 is 0 Å². The fourth-order valence-electron chi connectivity index (χ4n) is 3.53. The second-order valence-corrected chi connectivity index (χ2v) is 6.64. The number of hydrogen-bond donors (Lipinski definition) is 2. The maximum atomic E-state index is 12.3. The molecule has 0 aliphatic carbocycles. The normalized spacial score (nSPS) is 21.6. The lowest BCUT2D eigenvalue weighted by atomic mass is 10.0. The predicted molar refractivity (Wildman–Crippen MR) is 93.8 cm³/mol. The lowest BCUT2D eigenvalue weighted by Gasteiger charge is -2.15. The molecule has 0 amide bonds. The van der Waals surface area contributed by atoms with Gasteiger partial charge in [0.1, 0.15) is 0 Å². The second kappa shape index (κ2) is 5.89. The summed E-state index contributed by atoms with van der Waals surface area (Å²) in [7, 11) is 1.96. The van der Waals surface area contributed by atoms with Gasteiger partial charge in [0.05, 0.1) is 12.0 Å². The van der Waals surface area contributed by atoms with Gasteiger partial charge < -0.3 is 15.3 Å². The highest BCUT2D eigenvalue weighted by atomic mass is 16.1. The molecule has 2 atom stereocenters. The van der Waals surface area contributed by atoms with Crippen LogP contribution < -0.4 is 11.3 Å². The number of aryl methyl sites for hydroxylation is 1. The highest BCUT2D eigenvalue weighted by molar-refractivity contribution is 5.78. The Kier molecular flexibility index (Phi) is 3.70. The van der Waals surface area contributed by atoms with Crippen LogP contribution in [0.15, 0.2) is 47.7 Å². The Morgan fingerprint density at radius 3 is 2.96 bits per heavy atom. The van der Waals surface area contributed by atoms with Gasteiger partial charge in [0, 0.05) is 55.9 Å². The molecule has 0 bridgehead atoms. The molecule has 3 N–H and O–H groups in total. The van der Waals surface area contributed by atoms with Gasteiger partial charge in [0.25, 0.3) is 5.56 Å². The molecule has 124 valence electrons. The minimum Gasteiger partial charge on any atom is -0.340 e. The molecule has 0 spiro atoms. The van der Waals surface area contributed by atoms with Crippen molar-refractivity contribution in [3.63, 3.8) is 0 Å². The van der Waals surface area contributed by atoms with E-state index in [1.165, 1.54) is 0 Å². The van der Waals surface area contributed by atoms with Gasteiger partial charge in [-0.2, -0.15) is 0 Å². The quantitative estimate of drug-likeness (QED) is 0.759. The largest absolute Gasteiger partial charge is 0.340 e. The molecule has 2 aromatic heterocycles. The molecule has 0 radical (unpaired) electrons. The molecule has 3 aromatic rings. The van der Waals surface area contributed by atoms with Crippen LogP contribution in [-0.4, -0.2) is 38.6 Å². The van der Waals surface area contributed by atoms with Crippen LogP contribution in [0.3, 0.4) is 0 Å². The lowest BCUT2D eigenvalue weighted by molar-refractivity contribution is 0.322. The number of hydrogen-bond acceptors (Lipinski definition) is 4. The van der Waals surface area contributed by atoms with E-state index in [2.05, 4.69) is 14.9 Å². The van der Waals surface area contributed by atoms with E-state index in [4.69, 9.17) is 5.73 Å². The zero-order chi connectivity index (χ0) is 16.7. The zero-order valence-corrected chi connectivity index (χ0v) is 13.6. The summed E-state index contributed by atoms with van der Waals surface area (Å²) in [6.45, 7) is 2.20. The summed E-state index contributed by atoms with van der Waals surface area (Å²) in [5, 5.41) is 1.05. The van der Waals surface area contributed by atoms with Crippen LogP contribution in [0.5, 0.6) is 0 Å². The maximum Gasteiger partial charge on any atom is 0.252 e. The summed E-state index contributed by atoms with van der Waals surface area (Å²) in [5.74, 6) is 0.214. The smallest absolute Gasteiger partial charge is 0.252 e. The number of nitrogens with two attached hydrogens (primary N) is 1. The van der Waals surface area contributed by atoms with E-state index in [0.717, 1.165) is 35.2 Å². The topological polar surface area (TPSA) is 79.9 Å². The van der Waals surface area contributed by atoms with Crippen molar-refractivity contribution in [1.29, 1.82) is 0 Å². The van der Waals surface area contributed by atoms with Crippen LogP contribution in [0.2, 0.25) is 0 Å². The Morgan fingerprint density at radius 2 is 2.17 bits per heavy atom. The number of para-hydroxylation sites is 1. The van der Waals surface area contributed by atoms with E-state index in [0.29, 0.717) is 6.54 Å². The third-order valence-electron chi connectivity index (χ3n) is 4.77. The first kappa shape index (κ1) is 15.1. The summed E-state index contributed by atoms with van der Waals surface area (Å²) in [5.41, 5.74) is 8.97. The summed E-state index contributed by atoms with van der Waals surface area (Å²) in [4.78, 5) is 22.0. The van der Waals surface area contributed by atoms with Crippen molar-refractivity contribution in [2.24, 2.45) is 12.8 Å². The van der Waals surface area contributed by atoms with Crippen molar-refractivity contribution in [2.75, 3.05) is 13.1 Å². The van der Waals surface area contributed by atoms with Crippen molar-refractivity contribution >= 4 is 10.9 Å². The van der Waals surface area contributed by atoms with Gasteiger partial charge in [-0.05, 0) is 17.5 Å². The van der Waals surface area contributed by atoms with Gasteiger partial charge in [0.15, 0.2) is 0 Å². The number of aromatic nitrogens is 3. The third kappa shape index (κ3) is 2.74. The first-order valence-corrected chi connectivity index (χ1v) is 8.17. The van der Waals surface area contributed by atoms with E-state index >= 15 is 0 Å². The van der Waals surface area contributed by atoms with Crippen molar-refractivity contribution in [3.05, 3.63) is 64.5 Å². The fourth-order valence-corrected chi connectivity index (χ4v) is 3.53. The van der Waals surface area contributed by atoms with E-state index in [-0.39, 0.29) is 17.5 Å². The molecule has 1 aliphatic rings. The van der Waals surface area contributed by atoms with Crippen LogP contribution in [0, 0.1) is 0 Å². The van der Waals surface area contributed by atoms with Gasteiger partial charge in [-0.1, -0.05) is 18.2 Å². The van der Waals surface area contributed by atoms with E-state index in [9.17, 15) is 4.79 Å². The second-order valence-electron chi connectivity index (χ2n) is 6.64. The van der Waals surface area contributed by atoms with Crippen molar-refractivity contribution in [2.45, 2.75) is 18.5 Å². The van der Waals surface area contributed by atoms with E-state index in [1.54, 1.807) is 6.33 Å². The van der Waals surface area contributed by atoms with Crippen LogP contribution in [0.1, 0.15) is 17.2 Å². The number of benzene rings is 1. The molecule has 3 heterocycles. The predicted octanol–water partition coefficient (Wildman–Crippen LogP) is 1.19. The minimum atomic E-state index is -0.0245. The Morgan fingerprint density at radius 1 is 1.33 bits per heavy atom. The van der Waals surface area contributed by atoms with Gasteiger partial charge in [0.2, 0.25) is 0 Å². The first-order valence-electron chi connectivity index (χ1n) is 8.17. The van der Waals surface area contributed by atoms with Crippen LogP contribution in [0.4, 0.5) is 0 Å². The highest BCUT2D eigenvalue weighted by Gasteiger charge is 2.32. The number of rotatable bonds is 3. The Balaban J connectivity index is 1.56. The van der Waals surface area contributed by atoms with Gasteiger partial charge in [-0.3, -0.25) is 9.69 Å². The number of pyridine rings is 1. The molecule has 1 fully saturated rings. The number of nitrogens with one attached hydrogen (secondary N) is 1. The van der Waals surface area contributed by atoms with Gasteiger partial charge in [-0.25, -0.2) is 4.98 Å². The molecule has 6 nitrogen and oxygen atoms in total. The van der Waals surface area contributed by atoms with Crippen LogP contribution in [0.25, 0.3) is 10.9 Å². The highest BCUT2D eigenvalue weighted by Crippen LogP contribution is 2.26. The number of imidazole rings is 1. The standard InChI is InChI=1S/C18H21N5O/c1-22-10-17(20-11-22)14-8-23(9-15(14)19)7-13-6-12-4-2-3-5-16(12)21-18(13)24/h2-6,10-11,14-15H,7-9,19H2,1H3,(H,21,24)/t14-,15-/m1/s1. The number of nitrogens with zero attached hydrogens (tertiary/aromatic N) is 3. The molecule has 0 saturated carbocycles. The maximum absolute atomic E-state index is 12.3. The molecule has 1 saturated heterocycles. The Hall–Kier alpha value is -2.44. The molecule has 24 heavy (non-hydrogen) atoms. The van der Waals surface area contributed by atoms with Gasteiger partial charge in [-0.15, -0.1) is 0 Å². The molecular weight excluding hydrogens is 302 g/mol. The SMILES string of the molecule is Cn1cnc([C@@H]2CN(Cc3cc4ccccc4[nH]c3=O)C[C@H]2N)c1. The zero-order valence-electron chi connectivity index (χ0n) is 13.6. The van der Waals surface area contributed by atoms with Crippen LogP contribution >= 0.6 is 0 Å². The number of likely N-dealkylation sites (tertiary alicyclic amines) is 1. The Bertz CT molecular complexity index is 928. The number of aromatic amines is 1.